The minimum atomic E-state index is -0.488. The summed E-state index contributed by atoms with van der Waals surface area (Å²) in [4.78, 5) is 39.3. The Hall–Kier alpha value is -2.80. The molecule has 1 fully saturated rings. The van der Waals surface area contributed by atoms with Crippen LogP contribution in [0.1, 0.15) is 30.3 Å². The quantitative estimate of drug-likeness (QED) is 0.488. The molecular formula is C20H22ClN3O4. The molecule has 3 N–H and O–H groups in total. The Labute approximate surface area is 167 Å². The van der Waals surface area contributed by atoms with E-state index in [0.717, 1.165) is 10.9 Å². The van der Waals surface area contributed by atoms with Gasteiger partial charge in [0.1, 0.15) is 5.69 Å². The van der Waals surface area contributed by atoms with Gasteiger partial charge in [0.2, 0.25) is 5.91 Å². The average molecular weight is 404 g/mol. The summed E-state index contributed by atoms with van der Waals surface area (Å²) in [5.74, 6) is -1.06. The number of ether oxygens (including phenoxy) is 1. The third kappa shape index (κ3) is 4.92. The van der Waals surface area contributed by atoms with Crippen molar-refractivity contribution >= 4 is 40.3 Å². The average Bonchev–Trinajstić information content (AvgIpc) is 3.25. The fourth-order valence-corrected chi connectivity index (χ4v) is 3.40. The number of aromatic nitrogens is 1. The van der Waals surface area contributed by atoms with Crippen LogP contribution in [-0.4, -0.2) is 42.0 Å². The number of esters is 1. The molecule has 2 heterocycles. The van der Waals surface area contributed by atoms with Crippen molar-refractivity contribution < 1.29 is 19.1 Å². The highest BCUT2D eigenvalue weighted by Gasteiger charge is 2.27. The second-order valence-electron chi connectivity index (χ2n) is 6.62. The molecule has 1 aliphatic heterocycles. The summed E-state index contributed by atoms with van der Waals surface area (Å²) >= 11 is 5.99. The van der Waals surface area contributed by atoms with E-state index in [0.29, 0.717) is 30.1 Å². The topological polar surface area (TPSA) is 100 Å². The number of hydrogen-bond donors (Lipinski definition) is 3. The Morgan fingerprint density at radius 2 is 2.21 bits per heavy atom. The summed E-state index contributed by atoms with van der Waals surface area (Å²) in [5.41, 5.74) is 1.17. The molecule has 0 spiro atoms. The zero-order chi connectivity index (χ0) is 20.1. The molecule has 1 aromatic heterocycles. The number of fused-ring (bicyclic) bond motifs is 1. The third-order valence-electron chi connectivity index (χ3n) is 4.60. The van der Waals surface area contributed by atoms with Crippen molar-refractivity contribution in [1.82, 2.24) is 15.6 Å². The lowest BCUT2D eigenvalue weighted by Crippen LogP contribution is -2.36. The normalized spacial score (nSPS) is 17.6. The van der Waals surface area contributed by atoms with Gasteiger partial charge < -0.3 is 20.4 Å². The van der Waals surface area contributed by atoms with Crippen molar-refractivity contribution in [3.05, 3.63) is 47.1 Å². The van der Waals surface area contributed by atoms with Gasteiger partial charge in [-0.1, -0.05) is 17.7 Å². The zero-order valence-corrected chi connectivity index (χ0v) is 16.2. The monoisotopic (exact) mass is 403 g/mol. The molecule has 7 nitrogen and oxygen atoms in total. The maximum atomic E-state index is 12.7. The van der Waals surface area contributed by atoms with E-state index in [1.54, 1.807) is 37.3 Å². The van der Waals surface area contributed by atoms with Gasteiger partial charge in [0.25, 0.3) is 5.91 Å². The van der Waals surface area contributed by atoms with Gasteiger partial charge in [-0.2, -0.15) is 0 Å². The van der Waals surface area contributed by atoms with Crippen molar-refractivity contribution in [2.75, 3.05) is 13.2 Å². The van der Waals surface area contributed by atoms with Crippen LogP contribution in [-0.2, 0) is 14.3 Å². The van der Waals surface area contributed by atoms with E-state index in [2.05, 4.69) is 15.6 Å². The first-order valence-corrected chi connectivity index (χ1v) is 9.56. The molecule has 8 heteroatoms. The maximum Gasteiger partial charge on any atom is 0.330 e. The molecule has 2 amide bonds. The van der Waals surface area contributed by atoms with Gasteiger partial charge in [0, 0.05) is 40.5 Å². The van der Waals surface area contributed by atoms with Crippen molar-refractivity contribution in [3.63, 3.8) is 0 Å². The molecule has 1 aromatic carbocycles. The van der Waals surface area contributed by atoms with E-state index in [1.807, 2.05) is 0 Å². The molecule has 0 unspecified atom stereocenters. The van der Waals surface area contributed by atoms with Gasteiger partial charge in [-0.3, -0.25) is 9.59 Å². The molecule has 0 bridgehead atoms. The van der Waals surface area contributed by atoms with Gasteiger partial charge in [0.05, 0.1) is 6.61 Å². The molecule has 1 saturated heterocycles. The predicted molar refractivity (Wildman–Crippen MR) is 106 cm³/mol. The van der Waals surface area contributed by atoms with Crippen LogP contribution < -0.4 is 10.6 Å². The molecule has 2 aromatic rings. The largest absolute Gasteiger partial charge is 0.463 e. The van der Waals surface area contributed by atoms with Crippen molar-refractivity contribution in [1.29, 1.82) is 0 Å². The predicted octanol–water partition coefficient (Wildman–Crippen LogP) is 2.57. The number of carbonyl (C=O) groups excluding carboxylic acids is 3. The standard InChI is InChI=1S/C20H22ClN3O4/c1-2-28-18(25)6-4-15(10-12-7-8-22-19(12)26)23-20(27)17-11-13-9-14(21)3-5-16(13)24-17/h3-6,9,11-12,15,24H,2,7-8,10H2,1H3,(H,22,26)(H,23,27)/b6-4+/t12-,15+/m0/s1. The van der Waals surface area contributed by atoms with Crippen molar-refractivity contribution in [3.8, 4) is 0 Å². The van der Waals surface area contributed by atoms with Crippen LogP contribution in [0.2, 0.25) is 5.02 Å². The Balaban J connectivity index is 1.74. The maximum absolute atomic E-state index is 12.7. The molecule has 2 atom stereocenters. The van der Waals surface area contributed by atoms with Crippen LogP contribution >= 0.6 is 11.6 Å². The van der Waals surface area contributed by atoms with Crippen molar-refractivity contribution in [2.24, 2.45) is 5.92 Å². The Kier molecular flexibility index (Phi) is 6.36. The van der Waals surface area contributed by atoms with Crippen LogP contribution in [0.3, 0.4) is 0 Å². The Morgan fingerprint density at radius 3 is 2.93 bits per heavy atom. The highest BCUT2D eigenvalue weighted by Crippen LogP contribution is 2.21. The number of carbonyl (C=O) groups is 3. The summed E-state index contributed by atoms with van der Waals surface area (Å²) in [6, 6.07) is 6.54. The molecule has 0 aliphatic carbocycles. The minimum absolute atomic E-state index is 0.0379. The number of nitrogens with one attached hydrogen (secondary N) is 3. The van der Waals surface area contributed by atoms with E-state index in [1.165, 1.54) is 6.08 Å². The number of hydrogen-bond acceptors (Lipinski definition) is 4. The first-order valence-electron chi connectivity index (χ1n) is 9.18. The van der Waals surface area contributed by atoms with E-state index in [4.69, 9.17) is 16.3 Å². The van der Waals surface area contributed by atoms with Crippen LogP contribution in [0.4, 0.5) is 0 Å². The van der Waals surface area contributed by atoms with E-state index >= 15 is 0 Å². The molecular weight excluding hydrogens is 382 g/mol. The van der Waals surface area contributed by atoms with Gasteiger partial charge in [-0.25, -0.2) is 4.79 Å². The molecule has 0 saturated carbocycles. The minimum Gasteiger partial charge on any atom is -0.463 e. The Bertz CT molecular complexity index is 921. The first-order chi connectivity index (χ1) is 13.5. The van der Waals surface area contributed by atoms with E-state index in [9.17, 15) is 14.4 Å². The smallest absolute Gasteiger partial charge is 0.330 e. The summed E-state index contributed by atoms with van der Waals surface area (Å²) in [7, 11) is 0. The molecule has 0 radical (unpaired) electrons. The molecule has 1 aliphatic rings. The molecule has 3 rings (SSSR count). The van der Waals surface area contributed by atoms with Crippen LogP contribution in [0, 0.1) is 5.92 Å². The van der Waals surface area contributed by atoms with Crippen LogP contribution in [0.5, 0.6) is 0 Å². The lowest BCUT2D eigenvalue weighted by Gasteiger charge is -2.17. The van der Waals surface area contributed by atoms with Crippen molar-refractivity contribution in [2.45, 2.75) is 25.8 Å². The van der Waals surface area contributed by atoms with Crippen LogP contribution in [0.25, 0.3) is 10.9 Å². The number of rotatable bonds is 7. The SMILES string of the molecule is CCOC(=O)/C=C/[C@H](C[C@@H]1CCNC1=O)NC(=O)c1cc2cc(Cl)ccc2[nH]1. The lowest BCUT2D eigenvalue weighted by molar-refractivity contribution is -0.137. The first kappa shape index (κ1) is 19.9. The van der Waals surface area contributed by atoms with Gasteiger partial charge in [-0.05, 0) is 44.0 Å². The fraction of sp³-hybridized carbons (Fsp3) is 0.350. The molecule has 28 heavy (non-hydrogen) atoms. The van der Waals surface area contributed by atoms with E-state index < -0.39 is 12.0 Å². The highest BCUT2D eigenvalue weighted by molar-refractivity contribution is 6.31. The molecule has 148 valence electrons. The number of benzene rings is 1. The van der Waals surface area contributed by atoms with E-state index in [-0.39, 0.29) is 24.3 Å². The fourth-order valence-electron chi connectivity index (χ4n) is 3.22. The number of aromatic amines is 1. The van der Waals surface area contributed by atoms with Crippen LogP contribution in [0.15, 0.2) is 36.4 Å². The second kappa shape index (κ2) is 8.93. The lowest BCUT2D eigenvalue weighted by atomic mass is 9.98. The summed E-state index contributed by atoms with van der Waals surface area (Å²) in [5, 5.41) is 7.07. The number of halogens is 1. The highest BCUT2D eigenvalue weighted by atomic mass is 35.5. The zero-order valence-electron chi connectivity index (χ0n) is 15.5. The number of H-pyrrole nitrogens is 1. The number of amides is 2. The third-order valence-corrected chi connectivity index (χ3v) is 4.83. The Morgan fingerprint density at radius 1 is 1.39 bits per heavy atom. The van der Waals surface area contributed by atoms with Gasteiger partial charge in [0.15, 0.2) is 0 Å². The second-order valence-corrected chi connectivity index (χ2v) is 7.05. The summed E-state index contributed by atoms with van der Waals surface area (Å²) < 4.78 is 4.89. The summed E-state index contributed by atoms with van der Waals surface area (Å²) in [6.45, 7) is 2.60. The summed E-state index contributed by atoms with van der Waals surface area (Å²) in [6.07, 6.45) is 3.95. The van der Waals surface area contributed by atoms with Gasteiger partial charge >= 0.3 is 5.97 Å². The van der Waals surface area contributed by atoms with Gasteiger partial charge in [-0.15, -0.1) is 0 Å².